The Kier molecular flexibility index (Phi) is 1010. The first-order valence-corrected chi connectivity index (χ1v) is 2.76. The van der Waals surface area contributed by atoms with Gasteiger partial charge < -0.3 is 9.58 Å². The van der Waals surface area contributed by atoms with Crippen LogP contribution in [-0.2, 0) is 45.4 Å². The maximum absolute atomic E-state index is 7.50. The van der Waals surface area contributed by atoms with Gasteiger partial charge in [0.05, 0.1) is 0 Å². The minimum absolute atomic E-state index is 0. The smallest absolute Gasteiger partial charge is 0 e. The second kappa shape index (κ2) is 382. The molecule has 0 rings (SSSR count). The van der Waals surface area contributed by atoms with Crippen molar-refractivity contribution in [3.05, 3.63) is 44.7 Å². The second-order valence-electron chi connectivity index (χ2n) is 0.875. The third kappa shape index (κ3) is 834. The fourth-order valence-corrected chi connectivity index (χ4v) is 0.137. The Hall–Kier alpha value is -1.32. The summed E-state index contributed by atoms with van der Waals surface area (Å²) in [6, 6.07) is 0. The van der Waals surface area contributed by atoms with Crippen LogP contribution in [0.15, 0.2) is 0 Å². The first-order chi connectivity index (χ1) is 7.91. The van der Waals surface area contributed by atoms with Gasteiger partial charge in [-0.1, -0.05) is 0 Å². The fourth-order valence-electron chi connectivity index (χ4n) is 0.137. The van der Waals surface area contributed by atoms with Crippen LogP contribution in [0.1, 0.15) is 0 Å². The quantitative estimate of drug-likeness (QED) is 0.405. The molecule has 0 aliphatic heterocycles. The van der Waals surface area contributed by atoms with Crippen molar-refractivity contribution in [2.45, 2.75) is 0 Å². The van der Waals surface area contributed by atoms with E-state index in [-0.39, 0.29) is 17.4 Å². The van der Waals surface area contributed by atoms with Crippen LogP contribution in [0.5, 0.6) is 0 Å². The summed E-state index contributed by atoms with van der Waals surface area (Å²) in [5.41, 5.74) is 0. The molecule has 0 saturated carbocycles. The SMILES string of the molecule is [C-]#[N+]CCOC.[C-]#[O+].[C-]#[O+].[C-]#[O+].[C-]#[O+].[C-]#[O+].[Cr]. The predicted molar refractivity (Wildman–Crippen MR) is 43.0 cm³/mol. The molecule has 7 nitrogen and oxygen atoms in total. The van der Waals surface area contributed by atoms with E-state index in [2.05, 4.69) is 42.8 Å². The van der Waals surface area contributed by atoms with Crippen LogP contribution >= 0.6 is 0 Å². The zero-order valence-electron chi connectivity index (χ0n) is 8.72. The molecule has 0 fully saturated rings. The Morgan fingerprint density at radius 2 is 1.06 bits per heavy atom. The average molecular weight is 277 g/mol. The third-order valence-corrected chi connectivity index (χ3v) is 0.407. The minimum atomic E-state index is 0. The van der Waals surface area contributed by atoms with Crippen molar-refractivity contribution < 1.29 is 45.4 Å². The van der Waals surface area contributed by atoms with E-state index in [0.717, 1.165) is 0 Å². The van der Waals surface area contributed by atoms with E-state index in [1.165, 1.54) is 0 Å². The summed E-state index contributed by atoms with van der Waals surface area (Å²) >= 11 is 0. The van der Waals surface area contributed by atoms with Gasteiger partial charge in [0.1, 0.15) is 6.61 Å². The topological polar surface area (TPSA) is 113 Å². The van der Waals surface area contributed by atoms with Crippen LogP contribution in [0.2, 0.25) is 0 Å². The van der Waals surface area contributed by atoms with E-state index in [9.17, 15) is 0 Å². The zero-order chi connectivity index (χ0) is 14.8. The number of nitrogens with zero attached hydrogens (tertiary/aromatic N) is 1. The second-order valence-corrected chi connectivity index (χ2v) is 0.875. The number of methoxy groups -OCH3 is 1. The molecule has 0 saturated heterocycles. The predicted octanol–water partition coefficient (Wildman–Crippen LogP) is 0.362. The first kappa shape index (κ1) is 44.8. The first-order valence-electron chi connectivity index (χ1n) is 2.76. The number of hydrogen-bond acceptors (Lipinski definition) is 1. The molecule has 0 aliphatic rings. The summed E-state index contributed by atoms with van der Waals surface area (Å²) in [6.07, 6.45) is 0. The van der Waals surface area contributed by atoms with Gasteiger partial charge >= 0.3 is 56.5 Å². The van der Waals surface area contributed by atoms with E-state index < -0.39 is 0 Å². The summed E-state index contributed by atoms with van der Waals surface area (Å²) in [6.45, 7) is 29.8. The maximum atomic E-state index is 7.50. The van der Waals surface area contributed by atoms with Crippen molar-refractivity contribution >= 4 is 0 Å². The minimum Gasteiger partial charge on any atom is 0 e. The standard InChI is InChI=1S/C4H7NO.5CO.Cr/c1-5-3-4-6-2;5*1-2;/h3-4H2,2H3;;;;;;. The Morgan fingerprint density at radius 1 is 0.824 bits per heavy atom. The summed E-state index contributed by atoms with van der Waals surface area (Å²) in [5, 5.41) is 0. The van der Waals surface area contributed by atoms with Crippen LogP contribution in [-0.4, -0.2) is 20.3 Å². The van der Waals surface area contributed by atoms with E-state index in [4.69, 9.17) is 29.8 Å². The summed E-state index contributed by atoms with van der Waals surface area (Å²) < 4.78 is 42.1. The summed E-state index contributed by atoms with van der Waals surface area (Å²) in [5.74, 6) is 0. The normalized spacial score (nSPS) is 3.18. The largest absolute Gasteiger partial charge is 0 e. The third-order valence-electron chi connectivity index (χ3n) is 0.407. The Bertz CT molecular complexity index is 177. The van der Waals surface area contributed by atoms with Crippen molar-refractivity contribution in [3.8, 4) is 0 Å². The Balaban J connectivity index is -0.0000000158. The molecule has 90 valence electrons. The molecule has 0 aromatic heterocycles. The Labute approximate surface area is 111 Å². The van der Waals surface area contributed by atoms with Crippen LogP contribution in [0.25, 0.3) is 4.85 Å². The van der Waals surface area contributed by atoms with E-state index in [0.29, 0.717) is 13.2 Å². The fraction of sp³-hybridized carbons (Fsp3) is 0.333. The molecule has 0 aromatic rings. The molecule has 0 unspecified atom stereocenters. The van der Waals surface area contributed by atoms with Crippen molar-refractivity contribution in [1.29, 1.82) is 0 Å². The van der Waals surface area contributed by atoms with Gasteiger partial charge in [-0.2, -0.15) is 0 Å². The summed E-state index contributed by atoms with van der Waals surface area (Å²) in [4.78, 5) is 3.05. The maximum Gasteiger partial charge on any atom is 0 e. The summed E-state index contributed by atoms with van der Waals surface area (Å²) in [7, 11) is 1.59. The molecular formula is C9H7CrNO6. The van der Waals surface area contributed by atoms with Crippen LogP contribution in [0.4, 0.5) is 0 Å². The van der Waals surface area contributed by atoms with Crippen LogP contribution < -0.4 is 0 Å². The van der Waals surface area contributed by atoms with Crippen molar-refractivity contribution in [1.82, 2.24) is 0 Å². The van der Waals surface area contributed by atoms with Crippen LogP contribution in [0, 0.1) is 39.8 Å². The average Bonchev–Trinajstić information content (AvgIpc) is 2.47. The molecule has 0 bridgehead atoms. The molecule has 0 aliphatic carbocycles. The van der Waals surface area contributed by atoms with Gasteiger partial charge in [-0.15, -0.1) is 0 Å². The van der Waals surface area contributed by atoms with Gasteiger partial charge in [0.25, 0.3) is 0 Å². The molecule has 17 heavy (non-hydrogen) atoms. The van der Waals surface area contributed by atoms with Crippen LogP contribution in [0.3, 0.4) is 0 Å². The molecule has 0 spiro atoms. The van der Waals surface area contributed by atoms with Gasteiger partial charge in [0, 0.05) is 24.5 Å². The van der Waals surface area contributed by atoms with Crippen molar-refractivity contribution in [2.24, 2.45) is 0 Å². The van der Waals surface area contributed by atoms with Crippen molar-refractivity contribution in [2.75, 3.05) is 20.3 Å². The van der Waals surface area contributed by atoms with Crippen molar-refractivity contribution in [3.63, 3.8) is 0 Å². The number of ether oxygens (including phenoxy) is 1. The van der Waals surface area contributed by atoms with E-state index >= 15 is 0 Å². The van der Waals surface area contributed by atoms with E-state index in [1.807, 2.05) is 0 Å². The molecular weight excluding hydrogens is 270 g/mol. The van der Waals surface area contributed by atoms with Gasteiger partial charge in [0.2, 0.25) is 6.54 Å². The molecule has 0 atom stereocenters. The molecule has 0 aromatic carbocycles. The van der Waals surface area contributed by atoms with E-state index in [1.54, 1.807) is 7.11 Å². The number of hydrogen-bond donors (Lipinski definition) is 0. The molecule has 8 heteroatoms. The molecule has 0 heterocycles. The van der Waals surface area contributed by atoms with Gasteiger partial charge in [0.15, 0.2) is 0 Å². The molecule has 0 amide bonds. The zero-order valence-corrected chi connectivity index (χ0v) is 9.99. The molecule has 0 radical (unpaired) electrons. The van der Waals surface area contributed by atoms with Gasteiger partial charge in [-0.25, -0.2) is 6.57 Å². The van der Waals surface area contributed by atoms with Gasteiger partial charge in [-0.3, -0.25) is 0 Å². The Morgan fingerprint density at radius 3 is 1.12 bits per heavy atom. The number of rotatable bonds is 2. The molecule has 0 N–H and O–H groups in total. The van der Waals surface area contributed by atoms with Gasteiger partial charge in [-0.05, 0) is 0 Å². The monoisotopic (exact) mass is 277 g/mol.